The van der Waals surface area contributed by atoms with Crippen LogP contribution in [0.4, 0.5) is 11.4 Å². The minimum absolute atomic E-state index is 0.0137. The molecule has 7 heteroatoms. The Hall–Kier alpha value is -2.41. The van der Waals surface area contributed by atoms with E-state index in [9.17, 15) is 14.9 Å². The molecule has 6 nitrogen and oxygen atoms in total. The summed E-state index contributed by atoms with van der Waals surface area (Å²) in [7, 11) is 0. The first-order valence-corrected chi connectivity index (χ1v) is 6.19. The first-order chi connectivity index (χ1) is 9.08. The number of nitrogens with zero attached hydrogens (tertiary/aromatic N) is 1. The lowest BCUT2D eigenvalue weighted by molar-refractivity contribution is -0.383. The Morgan fingerprint density at radius 2 is 2.21 bits per heavy atom. The number of nitrogen functional groups attached to an aromatic ring is 1. The van der Waals surface area contributed by atoms with Gasteiger partial charge in [-0.05, 0) is 23.6 Å². The molecule has 19 heavy (non-hydrogen) atoms. The molecule has 1 aromatic heterocycles. The van der Waals surface area contributed by atoms with Gasteiger partial charge in [0, 0.05) is 10.9 Å². The van der Waals surface area contributed by atoms with E-state index in [4.69, 9.17) is 10.5 Å². The highest BCUT2D eigenvalue weighted by Crippen LogP contribution is 2.23. The summed E-state index contributed by atoms with van der Waals surface area (Å²) in [6.45, 7) is 0.147. The zero-order chi connectivity index (χ0) is 13.8. The van der Waals surface area contributed by atoms with E-state index >= 15 is 0 Å². The molecule has 0 unspecified atom stereocenters. The van der Waals surface area contributed by atoms with Gasteiger partial charge in [-0.25, -0.2) is 4.79 Å². The monoisotopic (exact) mass is 278 g/mol. The maximum absolute atomic E-state index is 11.7. The summed E-state index contributed by atoms with van der Waals surface area (Å²) >= 11 is 1.47. The number of carbonyl (C=O) groups excluding carboxylic acids is 1. The molecule has 0 aliphatic heterocycles. The Morgan fingerprint density at radius 3 is 2.84 bits per heavy atom. The van der Waals surface area contributed by atoms with Crippen molar-refractivity contribution in [1.29, 1.82) is 0 Å². The minimum Gasteiger partial charge on any atom is -0.456 e. The van der Waals surface area contributed by atoms with Crippen LogP contribution >= 0.6 is 11.3 Å². The van der Waals surface area contributed by atoms with E-state index in [1.54, 1.807) is 0 Å². The lowest BCUT2D eigenvalue weighted by atomic mass is 10.2. The van der Waals surface area contributed by atoms with Crippen molar-refractivity contribution >= 4 is 28.7 Å². The van der Waals surface area contributed by atoms with E-state index in [0.29, 0.717) is 0 Å². The van der Waals surface area contributed by atoms with Crippen molar-refractivity contribution < 1.29 is 14.5 Å². The molecule has 98 valence electrons. The van der Waals surface area contributed by atoms with Crippen molar-refractivity contribution in [3.8, 4) is 0 Å². The molecular weight excluding hydrogens is 268 g/mol. The molecule has 0 radical (unpaired) electrons. The number of hydrogen-bond donors (Lipinski definition) is 1. The van der Waals surface area contributed by atoms with Crippen LogP contribution in [-0.4, -0.2) is 10.9 Å². The van der Waals surface area contributed by atoms with Gasteiger partial charge in [-0.3, -0.25) is 10.1 Å². The number of thiophene rings is 1. The van der Waals surface area contributed by atoms with Crippen molar-refractivity contribution in [2.24, 2.45) is 0 Å². The van der Waals surface area contributed by atoms with Crippen molar-refractivity contribution in [2.45, 2.75) is 6.61 Å². The van der Waals surface area contributed by atoms with Crippen LogP contribution < -0.4 is 5.73 Å². The lowest BCUT2D eigenvalue weighted by Gasteiger charge is -2.04. The van der Waals surface area contributed by atoms with Gasteiger partial charge in [-0.2, -0.15) is 0 Å². The summed E-state index contributed by atoms with van der Waals surface area (Å²) in [5.41, 5.74) is 5.27. The predicted octanol–water partition coefficient (Wildman–Crippen LogP) is 2.60. The van der Waals surface area contributed by atoms with Crippen molar-refractivity contribution in [3.05, 3.63) is 56.3 Å². The zero-order valence-corrected chi connectivity index (χ0v) is 10.6. The fraction of sp³-hybridized carbons (Fsp3) is 0.0833. The number of esters is 1. The Labute approximate surface area is 112 Å². The maximum atomic E-state index is 11.7. The van der Waals surface area contributed by atoms with E-state index in [-0.39, 0.29) is 23.5 Å². The van der Waals surface area contributed by atoms with Gasteiger partial charge in [-0.15, -0.1) is 11.3 Å². The maximum Gasteiger partial charge on any atom is 0.338 e. The molecule has 0 aliphatic rings. The lowest BCUT2D eigenvalue weighted by Crippen LogP contribution is -2.06. The van der Waals surface area contributed by atoms with Crippen molar-refractivity contribution in [3.63, 3.8) is 0 Å². The van der Waals surface area contributed by atoms with E-state index in [1.807, 2.05) is 17.5 Å². The Bertz CT molecular complexity index is 610. The summed E-state index contributed by atoms with van der Waals surface area (Å²) in [4.78, 5) is 22.7. The quantitative estimate of drug-likeness (QED) is 0.401. The average Bonchev–Trinajstić information content (AvgIpc) is 2.89. The summed E-state index contributed by atoms with van der Waals surface area (Å²) in [6, 6.07) is 7.52. The largest absolute Gasteiger partial charge is 0.456 e. The van der Waals surface area contributed by atoms with Crippen LogP contribution in [0.2, 0.25) is 0 Å². The normalized spacial score (nSPS) is 10.1. The number of nitrogens with two attached hydrogens (primary N) is 1. The molecule has 0 aliphatic carbocycles. The highest BCUT2D eigenvalue weighted by Gasteiger charge is 2.16. The highest BCUT2D eigenvalue weighted by molar-refractivity contribution is 7.09. The SMILES string of the molecule is Nc1ccc(C(=O)OCc2cccs2)cc1[N+](=O)[O-]. The van der Waals surface area contributed by atoms with Crippen LogP contribution in [0.3, 0.4) is 0 Å². The third-order valence-electron chi connectivity index (χ3n) is 2.39. The smallest absolute Gasteiger partial charge is 0.338 e. The number of benzene rings is 1. The molecule has 0 bridgehead atoms. The summed E-state index contributed by atoms with van der Waals surface area (Å²) in [5, 5.41) is 12.6. The molecule has 2 N–H and O–H groups in total. The first-order valence-electron chi connectivity index (χ1n) is 5.31. The second kappa shape index (κ2) is 5.49. The van der Waals surface area contributed by atoms with Crippen LogP contribution in [0.5, 0.6) is 0 Å². The number of nitro groups is 1. The number of hydrogen-bond acceptors (Lipinski definition) is 6. The van der Waals surface area contributed by atoms with Gasteiger partial charge >= 0.3 is 5.97 Å². The molecule has 0 saturated carbocycles. The van der Waals surface area contributed by atoms with Crippen molar-refractivity contribution in [1.82, 2.24) is 0 Å². The van der Waals surface area contributed by atoms with Crippen LogP contribution in [0, 0.1) is 10.1 Å². The molecule has 2 aromatic rings. The van der Waals surface area contributed by atoms with Gasteiger partial charge in [0.1, 0.15) is 12.3 Å². The van der Waals surface area contributed by atoms with Crippen molar-refractivity contribution in [2.75, 3.05) is 5.73 Å². The molecule has 0 fully saturated rings. The highest BCUT2D eigenvalue weighted by atomic mass is 32.1. The van der Waals surface area contributed by atoms with Gasteiger partial charge in [-0.1, -0.05) is 6.07 Å². The standard InChI is InChI=1S/C12H10N2O4S/c13-10-4-3-8(6-11(10)14(16)17)12(15)18-7-9-2-1-5-19-9/h1-6H,7,13H2. The zero-order valence-electron chi connectivity index (χ0n) is 9.74. The van der Waals surface area contributed by atoms with Crippen LogP contribution in [-0.2, 0) is 11.3 Å². The number of rotatable bonds is 4. The third-order valence-corrected chi connectivity index (χ3v) is 3.24. The number of ether oxygens (including phenoxy) is 1. The Balaban J connectivity index is 2.11. The van der Waals surface area contributed by atoms with Crippen LogP contribution in [0.1, 0.15) is 15.2 Å². The second-order valence-corrected chi connectivity index (χ2v) is 4.72. The number of anilines is 1. The van der Waals surface area contributed by atoms with E-state index < -0.39 is 10.9 Å². The van der Waals surface area contributed by atoms with E-state index in [1.165, 1.54) is 23.5 Å². The predicted molar refractivity (Wildman–Crippen MR) is 70.9 cm³/mol. The summed E-state index contributed by atoms with van der Waals surface area (Å²) in [5.74, 6) is -0.614. The fourth-order valence-electron chi connectivity index (χ4n) is 1.44. The van der Waals surface area contributed by atoms with Gasteiger partial charge in [0.2, 0.25) is 0 Å². The average molecular weight is 278 g/mol. The van der Waals surface area contributed by atoms with Crippen LogP contribution in [0.15, 0.2) is 35.7 Å². The summed E-state index contributed by atoms with van der Waals surface area (Å²) < 4.78 is 5.06. The fourth-order valence-corrected chi connectivity index (χ4v) is 2.06. The second-order valence-electron chi connectivity index (χ2n) is 3.69. The topological polar surface area (TPSA) is 95.5 Å². The summed E-state index contributed by atoms with van der Waals surface area (Å²) in [6.07, 6.45) is 0. The molecule has 0 saturated heterocycles. The molecule has 0 amide bonds. The van der Waals surface area contributed by atoms with E-state index in [2.05, 4.69) is 0 Å². The molecular formula is C12H10N2O4S. The van der Waals surface area contributed by atoms with Gasteiger partial charge in [0.05, 0.1) is 10.5 Å². The van der Waals surface area contributed by atoms with Gasteiger partial charge in [0.15, 0.2) is 0 Å². The molecule has 1 heterocycles. The third kappa shape index (κ3) is 3.08. The molecule has 1 aromatic carbocycles. The van der Waals surface area contributed by atoms with Gasteiger partial charge < -0.3 is 10.5 Å². The molecule has 2 rings (SSSR count). The van der Waals surface area contributed by atoms with Gasteiger partial charge in [0.25, 0.3) is 5.69 Å². The number of carbonyl (C=O) groups is 1. The first kappa shape index (κ1) is 13.0. The minimum atomic E-state index is -0.634. The number of nitro benzene ring substituents is 1. The van der Waals surface area contributed by atoms with Crippen LogP contribution in [0.25, 0.3) is 0 Å². The molecule has 0 atom stereocenters. The Morgan fingerprint density at radius 1 is 1.42 bits per heavy atom. The molecule has 0 spiro atoms. The Kier molecular flexibility index (Phi) is 3.76. The van der Waals surface area contributed by atoms with E-state index in [0.717, 1.165) is 10.9 Å².